The number of hydrogen-bond acceptors (Lipinski definition) is 4. The van der Waals surface area contributed by atoms with Gasteiger partial charge in [-0.1, -0.05) is 30.3 Å². The minimum Gasteiger partial charge on any atom is -0.443 e. The second kappa shape index (κ2) is 7.96. The maximum Gasteiger partial charge on any atom is 0.356 e. The number of nitrogens with zero attached hydrogens (tertiary/aromatic N) is 1. The second-order valence-electron chi connectivity index (χ2n) is 5.05. The number of esters is 1. The van der Waals surface area contributed by atoms with Crippen molar-refractivity contribution in [3.8, 4) is 0 Å². The van der Waals surface area contributed by atoms with Crippen molar-refractivity contribution in [3.05, 3.63) is 59.9 Å². The molecule has 2 N–H and O–H groups in total. The molecule has 0 bridgehead atoms. The first-order valence-corrected chi connectivity index (χ1v) is 7.49. The molecule has 7 heteroatoms. The Kier molecular flexibility index (Phi) is 5.73. The van der Waals surface area contributed by atoms with Crippen LogP contribution in [0.25, 0.3) is 0 Å². The predicted octanol–water partition coefficient (Wildman–Crippen LogP) is 1.77. The number of imide groups is 1. The van der Waals surface area contributed by atoms with Crippen molar-refractivity contribution in [2.24, 2.45) is 7.05 Å². The van der Waals surface area contributed by atoms with E-state index >= 15 is 0 Å². The van der Waals surface area contributed by atoms with Crippen LogP contribution in [0.5, 0.6) is 0 Å². The number of aryl methyl sites for hydroxylation is 1. The highest BCUT2D eigenvalue weighted by atomic mass is 16.5. The van der Waals surface area contributed by atoms with Gasteiger partial charge in [-0.2, -0.15) is 0 Å². The van der Waals surface area contributed by atoms with Crippen LogP contribution in [0, 0.1) is 0 Å². The fourth-order valence-corrected chi connectivity index (χ4v) is 2.12. The summed E-state index contributed by atoms with van der Waals surface area (Å²) >= 11 is 0. The third-order valence-electron chi connectivity index (χ3n) is 3.29. The number of aromatic nitrogens is 1. The number of carbonyl (C=O) groups excluding carboxylic acids is 3. The number of amides is 3. The summed E-state index contributed by atoms with van der Waals surface area (Å²) in [5.41, 5.74) is 0.781. The van der Waals surface area contributed by atoms with Crippen molar-refractivity contribution in [2.45, 2.75) is 13.0 Å². The lowest BCUT2D eigenvalue weighted by Gasteiger charge is -2.17. The molecule has 0 radical (unpaired) electrons. The van der Waals surface area contributed by atoms with Gasteiger partial charge in [0.05, 0.1) is 0 Å². The molecule has 1 atom stereocenters. The van der Waals surface area contributed by atoms with Crippen molar-refractivity contribution in [1.82, 2.24) is 15.2 Å². The highest BCUT2D eigenvalue weighted by Gasteiger charge is 2.27. The lowest BCUT2D eigenvalue weighted by molar-refractivity contribution is -0.129. The van der Waals surface area contributed by atoms with E-state index in [9.17, 15) is 14.4 Å². The fraction of sp³-hybridized carbons (Fsp3) is 0.235. The quantitative estimate of drug-likeness (QED) is 0.818. The summed E-state index contributed by atoms with van der Waals surface area (Å²) in [6, 6.07) is 11.2. The summed E-state index contributed by atoms with van der Waals surface area (Å²) in [4.78, 5) is 36.2. The van der Waals surface area contributed by atoms with Gasteiger partial charge in [-0.25, -0.2) is 9.59 Å². The largest absolute Gasteiger partial charge is 0.443 e. The van der Waals surface area contributed by atoms with Crippen LogP contribution in [0.2, 0.25) is 0 Å². The van der Waals surface area contributed by atoms with Crippen LogP contribution >= 0.6 is 0 Å². The lowest BCUT2D eigenvalue weighted by Crippen LogP contribution is -2.42. The van der Waals surface area contributed by atoms with Crippen LogP contribution in [0.3, 0.4) is 0 Å². The number of hydrogen-bond donors (Lipinski definition) is 2. The van der Waals surface area contributed by atoms with Gasteiger partial charge in [0.25, 0.3) is 5.91 Å². The topological polar surface area (TPSA) is 89.4 Å². The summed E-state index contributed by atoms with van der Waals surface area (Å²) < 4.78 is 6.94. The first-order chi connectivity index (χ1) is 11.5. The molecule has 1 aromatic heterocycles. The second-order valence-corrected chi connectivity index (χ2v) is 5.05. The minimum absolute atomic E-state index is 0.307. The van der Waals surface area contributed by atoms with Crippen molar-refractivity contribution in [2.75, 3.05) is 6.54 Å². The van der Waals surface area contributed by atoms with Gasteiger partial charge in [-0.3, -0.25) is 10.1 Å². The average Bonchev–Trinajstić information content (AvgIpc) is 2.99. The molecule has 0 saturated carbocycles. The van der Waals surface area contributed by atoms with Crippen molar-refractivity contribution < 1.29 is 19.1 Å². The summed E-state index contributed by atoms with van der Waals surface area (Å²) in [6.07, 6.45) is 0.472. The first kappa shape index (κ1) is 17.3. The zero-order valence-electron chi connectivity index (χ0n) is 13.5. The van der Waals surface area contributed by atoms with Crippen LogP contribution in [-0.2, 0) is 16.6 Å². The molecular formula is C17H19N3O4. The molecule has 2 aromatic rings. The van der Waals surface area contributed by atoms with Crippen molar-refractivity contribution in [3.63, 3.8) is 0 Å². The SMILES string of the molecule is CCNC(=O)NC(=O)[C@@H](OC(=O)c1cccn1C)c1ccccc1. The van der Waals surface area contributed by atoms with Gasteiger partial charge >= 0.3 is 12.0 Å². The molecule has 2 rings (SSSR count). The Balaban J connectivity index is 2.20. The van der Waals surface area contributed by atoms with E-state index in [4.69, 9.17) is 4.74 Å². The molecule has 0 fully saturated rings. The summed E-state index contributed by atoms with van der Waals surface area (Å²) in [5.74, 6) is -1.36. The van der Waals surface area contributed by atoms with E-state index in [2.05, 4.69) is 10.6 Å². The number of rotatable bonds is 5. The van der Waals surface area contributed by atoms with E-state index in [1.165, 1.54) is 0 Å². The summed E-state index contributed by atoms with van der Waals surface area (Å²) in [7, 11) is 1.70. The van der Waals surface area contributed by atoms with Crippen LogP contribution < -0.4 is 10.6 Å². The van der Waals surface area contributed by atoms with E-state index in [1.54, 1.807) is 67.2 Å². The van der Waals surface area contributed by atoms with E-state index in [0.717, 1.165) is 0 Å². The van der Waals surface area contributed by atoms with Crippen molar-refractivity contribution >= 4 is 17.9 Å². The molecular weight excluding hydrogens is 310 g/mol. The zero-order valence-corrected chi connectivity index (χ0v) is 13.5. The Labute approximate surface area is 139 Å². The number of ether oxygens (including phenoxy) is 1. The minimum atomic E-state index is -1.23. The van der Waals surface area contributed by atoms with E-state index < -0.39 is 24.0 Å². The maximum atomic E-state index is 12.4. The molecule has 1 heterocycles. The van der Waals surface area contributed by atoms with Gasteiger partial charge in [-0.05, 0) is 19.1 Å². The van der Waals surface area contributed by atoms with Crippen LogP contribution in [0.1, 0.15) is 29.1 Å². The normalized spacial score (nSPS) is 11.4. The van der Waals surface area contributed by atoms with Crippen LogP contribution in [0.4, 0.5) is 4.79 Å². The average molecular weight is 329 g/mol. The molecule has 0 spiro atoms. The molecule has 126 valence electrons. The van der Waals surface area contributed by atoms with Gasteiger partial charge in [-0.15, -0.1) is 0 Å². The van der Waals surface area contributed by atoms with Crippen molar-refractivity contribution in [1.29, 1.82) is 0 Å². The molecule has 0 aliphatic heterocycles. The number of carbonyl (C=O) groups is 3. The number of benzene rings is 1. The molecule has 1 aromatic carbocycles. The molecule has 0 unspecified atom stereocenters. The molecule has 0 aliphatic carbocycles. The monoisotopic (exact) mass is 329 g/mol. The maximum absolute atomic E-state index is 12.4. The van der Waals surface area contributed by atoms with Gasteiger partial charge in [0, 0.05) is 25.4 Å². The zero-order chi connectivity index (χ0) is 17.5. The predicted molar refractivity (Wildman–Crippen MR) is 87.2 cm³/mol. The Bertz CT molecular complexity index is 724. The van der Waals surface area contributed by atoms with Crippen LogP contribution in [0.15, 0.2) is 48.7 Å². The highest BCUT2D eigenvalue weighted by Crippen LogP contribution is 2.19. The lowest BCUT2D eigenvalue weighted by atomic mass is 10.1. The number of nitrogens with one attached hydrogen (secondary N) is 2. The first-order valence-electron chi connectivity index (χ1n) is 7.49. The molecule has 24 heavy (non-hydrogen) atoms. The van der Waals surface area contributed by atoms with E-state index in [0.29, 0.717) is 17.8 Å². The van der Waals surface area contributed by atoms with E-state index in [-0.39, 0.29) is 0 Å². The molecule has 0 saturated heterocycles. The van der Waals surface area contributed by atoms with Gasteiger partial charge in [0.2, 0.25) is 6.10 Å². The Morgan fingerprint density at radius 2 is 1.83 bits per heavy atom. The Morgan fingerprint density at radius 1 is 1.12 bits per heavy atom. The smallest absolute Gasteiger partial charge is 0.356 e. The van der Waals surface area contributed by atoms with E-state index in [1.807, 2.05) is 0 Å². The molecule has 7 nitrogen and oxygen atoms in total. The Hall–Kier alpha value is -3.09. The van der Waals surface area contributed by atoms with Gasteiger partial charge in [0.1, 0.15) is 5.69 Å². The molecule has 0 aliphatic rings. The third-order valence-corrected chi connectivity index (χ3v) is 3.29. The fourth-order valence-electron chi connectivity index (χ4n) is 2.12. The molecule has 3 amide bonds. The summed E-state index contributed by atoms with van der Waals surface area (Å²) in [6.45, 7) is 2.10. The summed E-state index contributed by atoms with van der Waals surface area (Å²) in [5, 5.41) is 4.63. The van der Waals surface area contributed by atoms with Gasteiger partial charge in [0.15, 0.2) is 0 Å². The standard InChI is InChI=1S/C17H19N3O4/c1-3-18-17(23)19-15(21)14(12-8-5-4-6-9-12)24-16(22)13-10-7-11-20(13)2/h4-11,14H,3H2,1-2H3,(H2,18,19,21,23)/t14-/m0/s1. The Morgan fingerprint density at radius 3 is 2.42 bits per heavy atom. The third kappa shape index (κ3) is 4.22. The highest BCUT2D eigenvalue weighted by molar-refractivity contribution is 5.98. The number of urea groups is 1. The van der Waals surface area contributed by atoms with Crippen LogP contribution in [-0.4, -0.2) is 29.0 Å². The van der Waals surface area contributed by atoms with Gasteiger partial charge < -0.3 is 14.6 Å².